The van der Waals surface area contributed by atoms with Crippen molar-refractivity contribution in [2.24, 2.45) is 21.1 Å². The number of aliphatic imine (C=N–C) groups is 2. The molecule has 0 aliphatic carbocycles. The van der Waals surface area contributed by atoms with Gasteiger partial charge >= 0.3 is 0 Å². The van der Waals surface area contributed by atoms with E-state index >= 15 is 0 Å². The van der Waals surface area contributed by atoms with Crippen LogP contribution in [0.25, 0.3) is 0 Å². The van der Waals surface area contributed by atoms with Crippen LogP contribution in [0.2, 0.25) is 0 Å². The Kier molecular flexibility index (Phi) is 3.66. The number of hydrogen-bond acceptors (Lipinski definition) is 7. The average molecular weight is 365 g/mol. The van der Waals surface area contributed by atoms with Crippen molar-refractivity contribution in [1.82, 2.24) is 4.98 Å². The zero-order valence-corrected chi connectivity index (χ0v) is 15.9. The second-order valence-corrected chi connectivity index (χ2v) is 8.09. The Hall–Kier alpha value is -3.09. The number of aromatic nitrogens is 1. The van der Waals surface area contributed by atoms with Gasteiger partial charge in [0.2, 0.25) is 11.5 Å². The summed E-state index contributed by atoms with van der Waals surface area (Å²) in [5.74, 6) is 2.10. The van der Waals surface area contributed by atoms with Gasteiger partial charge in [0.15, 0.2) is 5.75 Å². The Bertz CT molecular complexity index is 970. The molecule has 1 unspecified atom stereocenters. The minimum Gasteiger partial charge on any atom is -0.477 e. The molecule has 7 nitrogen and oxygen atoms in total. The SMILES string of the molecule is CC1=NC2(N=C1N)c1cc(N)ccc1Oc1cnc(OCC(C)(C)C)cc12. The Morgan fingerprint density at radius 3 is 2.48 bits per heavy atom. The van der Waals surface area contributed by atoms with Crippen LogP contribution in [0.15, 0.2) is 40.4 Å². The molecule has 1 spiro atoms. The molecule has 3 heterocycles. The van der Waals surface area contributed by atoms with Crippen molar-refractivity contribution in [2.45, 2.75) is 33.4 Å². The van der Waals surface area contributed by atoms with Crippen LogP contribution < -0.4 is 20.9 Å². The number of rotatable bonds is 2. The molecule has 4 N–H and O–H groups in total. The third-order valence-corrected chi connectivity index (χ3v) is 4.45. The van der Waals surface area contributed by atoms with E-state index in [0.717, 1.165) is 11.1 Å². The molecule has 0 radical (unpaired) electrons. The van der Waals surface area contributed by atoms with Gasteiger partial charge in [-0.05, 0) is 30.5 Å². The number of nitrogens with zero attached hydrogens (tertiary/aromatic N) is 3. The summed E-state index contributed by atoms with van der Waals surface area (Å²) in [6.45, 7) is 8.68. The van der Waals surface area contributed by atoms with E-state index in [-0.39, 0.29) is 5.41 Å². The van der Waals surface area contributed by atoms with E-state index in [9.17, 15) is 0 Å². The van der Waals surface area contributed by atoms with Gasteiger partial charge in [0, 0.05) is 11.8 Å². The third kappa shape index (κ3) is 2.89. The van der Waals surface area contributed by atoms with E-state index in [4.69, 9.17) is 30.9 Å². The molecular formula is C20H23N5O2. The molecule has 0 fully saturated rings. The summed E-state index contributed by atoms with van der Waals surface area (Å²) in [5, 5.41) is 0. The van der Waals surface area contributed by atoms with Gasteiger partial charge < -0.3 is 20.9 Å². The van der Waals surface area contributed by atoms with E-state index < -0.39 is 5.66 Å². The maximum Gasteiger partial charge on any atom is 0.213 e. The second-order valence-electron chi connectivity index (χ2n) is 8.09. The molecule has 7 heteroatoms. The molecule has 27 heavy (non-hydrogen) atoms. The van der Waals surface area contributed by atoms with E-state index in [2.05, 4.69) is 25.8 Å². The number of pyridine rings is 1. The minimum atomic E-state index is -1.03. The first-order valence-corrected chi connectivity index (χ1v) is 8.81. The Morgan fingerprint density at radius 1 is 1.07 bits per heavy atom. The van der Waals surface area contributed by atoms with Gasteiger partial charge in [0.25, 0.3) is 0 Å². The van der Waals surface area contributed by atoms with Crippen molar-refractivity contribution in [3.8, 4) is 17.4 Å². The van der Waals surface area contributed by atoms with Crippen molar-refractivity contribution in [2.75, 3.05) is 12.3 Å². The molecular weight excluding hydrogens is 342 g/mol. The highest BCUT2D eigenvalue weighted by atomic mass is 16.5. The van der Waals surface area contributed by atoms with E-state index in [1.807, 2.05) is 25.1 Å². The molecule has 0 bridgehead atoms. The molecule has 2 aliphatic rings. The van der Waals surface area contributed by atoms with Crippen LogP contribution in [0.4, 0.5) is 5.69 Å². The fourth-order valence-electron chi connectivity index (χ4n) is 3.14. The molecule has 1 atom stereocenters. The molecule has 4 rings (SSSR count). The van der Waals surface area contributed by atoms with Crippen molar-refractivity contribution in [3.05, 3.63) is 41.6 Å². The zero-order valence-electron chi connectivity index (χ0n) is 15.9. The number of hydrogen-bond donors (Lipinski definition) is 2. The quantitative estimate of drug-likeness (QED) is 0.794. The number of fused-ring (bicyclic) bond motifs is 4. The van der Waals surface area contributed by atoms with Crippen molar-refractivity contribution >= 4 is 17.2 Å². The van der Waals surface area contributed by atoms with Gasteiger partial charge in [0.1, 0.15) is 11.6 Å². The summed E-state index contributed by atoms with van der Waals surface area (Å²) in [5.41, 5.74) is 13.9. The molecule has 2 aliphatic heterocycles. The van der Waals surface area contributed by atoms with Crippen molar-refractivity contribution in [1.29, 1.82) is 0 Å². The maximum absolute atomic E-state index is 6.09. The van der Waals surface area contributed by atoms with Crippen molar-refractivity contribution in [3.63, 3.8) is 0 Å². The smallest absolute Gasteiger partial charge is 0.213 e. The molecule has 1 aromatic carbocycles. The average Bonchev–Trinajstić information content (AvgIpc) is 2.89. The highest BCUT2D eigenvalue weighted by molar-refractivity contribution is 6.41. The number of nitrogen functional groups attached to an aromatic ring is 1. The molecule has 2 aromatic rings. The lowest BCUT2D eigenvalue weighted by Gasteiger charge is -2.32. The monoisotopic (exact) mass is 365 g/mol. The van der Waals surface area contributed by atoms with Crippen LogP contribution in [0.5, 0.6) is 17.4 Å². The number of benzene rings is 1. The summed E-state index contributed by atoms with van der Waals surface area (Å²) in [4.78, 5) is 13.9. The van der Waals surface area contributed by atoms with Gasteiger partial charge in [0.05, 0.1) is 29.6 Å². The minimum absolute atomic E-state index is 0.0114. The molecule has 0 saturated heterocycles. The maximum atomic E-state index is 6.09. The number of anilines is 1. The fourth-order valence-corrected chi connectivity index (χ4v) is 3.14. The van der Waals surface area contributed by atoms with Gasteiger partial charge in [-0.25, -0.2) is 15.0 Å². The van der Waals surface area contributed by atoms with E-state index in [1.54, 1.807) is 12.3 Å². The first-order valence-electron chi connectivity index (χ1n) is 8.81. The van der Waals surface area contributed by atoms with Crippen LogP contribution in [-0.2, 0) is 5.66 Å². The summed E-state index contributed by atoms with van der Waals surface area (Å²) >= 11 is 0. The summed E-state index contributed by atoms with van der Waals surface area (Å²) < 4.78 is 11.9. The standard InChI is InChI=1S/C20H23N5O2/c1-11-18(22)25-20(24-11)13-7-12(21)5-6-15(13)27-16-9-23-17(8-14(16)20)26-10-19(2,3)4/h5-9H,10,21H2,1-4H3,(H2,22,25). The topological polar surface area (TPSA) is 108 Å². The fraction of sp³-hybridized carbons (Fsp3) is 0.350. The van der Waals surface area contributed by atoms with Gasteiger partial charge in [-0.2, -0.15) is 0 Å². The molecule has 0 amide bonds. The molecule has 0 saturated carbocycles. The van der Waals surface area contributed by atoms with Crippen LogP contribution in [0, 0.1) is 5.41 Å². The van der Waals surface area contributed by atoms with E-state index in [1.165, 1.54) is 0 Å². The van der Waals surface area contributed by atoms with Crippen molar-refractivity contribution < 1.29 is 9.47 Å². The Balaban J connectivity index is 1.87. The summed E-state index contributed by atoms with van der Waals surface area (Å²) in [7, 11) is 0. The predicted octanol–water partition coefficient (Wildman–Crippen LogP) is 3.23. The lowest BCUT2D eigenvalue weighted by atomic mass is 9.89. The highest BCUT2D eigenvalue weighted by Crippen LogP contribution is 2.52. The van der Waals surface area contributed by atoms with Crippen LogP contribution in [0.3, 0.4) is 0 Å². The lowest BCUT2D eigenvalue weighted by Crippen LogP contribution is -2.27. The predicted molar refractivity (Wildman–Crippen MR) is 106 cm³/mol. The van der Waals surface area contributed by atoms with Gasteiger partial charge in [-0.1, -0.05) is 20.8 Å². The largest absolute Gasteiger partial charge is 0.477 e. The van der Waals surface area contributed by atoms with Crippen LogP contribution in [0.1, 0.15) is 38.8 Å². The van der Waals surface area contributed by atoms with Gasteiger partial charge in [-0.15, -0.1) is 0 Å². The first kappa shape index (κ1) is 17.3. The Labute approximate surface area is 158 Å². The number of ether oxygens (including phenoxy) is 2. The molecule has 140 valence electrons. The summed E-state index contributed by atoms with van der Waals surface area (Å²) in [6, 6.07) is 7.25. The number of amidine groups is 1. The normalized spacial score (nSPS) is 20.4. The number of nitrogens with two attached hydrogens (primary N) is 2. The summed E-state index contributed by atoms with van der Waals surface area (Å²) in [6.07, 6.45) is 1.64. The van der Waals surface area contributed by atoms with Crippen LogP contribution in [-0.4, -0.2) is 23.1 Å². The third-order valence-electron chi connectivity index (χ3n) is 4.45. The second kappa shape index (κ2) is 5.70. The lowest BCUT2D eigenvalue weighted by molar-refractivity contribution is 0.190. The van der Waals surface area contributed by atoms with E-state index in [0.29, 0.717) is 41.2 Å². The first-order chi connectivity index (χ1) is 12.7. The molecule has 1 aromatic heterocycles. The van der Waals surface area contributed by atoms with Gasteiger partial charge in [-0.3, -0.25) is 0 Å². The van der Waals surface area contributed by atoms with Crippen LogP contribution >= 0.6 is 0 Å². The highest BCUT2D eigenvalue weighted by Gasteiger charge is 2.46. The zero-order chi connectivity index (χ0) is 19.4. The Morgan fingerprint density at radius 2 is 1.81 bits per heavy atom.